The van der Waals surface area contributed by atoms with Crippen molar-refractivity contribution in [1.29, 1.82) is 0 Å². The SMILES string of the molecule is Cc1csc(Nc2ncc(Br)cc2OC2CCNC2)n1.Cl.Cl. The van der Waals surface area contributed by atoms with Crippen molar-refractivity contribution in [2.45, 2.75) is 19.4 Å². The Hall–Kier alpha value is -0.600. The molecule has 3 heterocycles. The van der Waals surface area contributed by atoms with Crippen molar-refractivity contribution in [2.24, 2.45) is 0 Å². The Morgan fingerprint density at radius 3 is 2.91 bits per heavy atom. The number of rotatable bonds is 4. The second kappa shape index (κ2) is 8.88. The van der Waals surface area contributed by atoms with Gasteiger partial charge in [0.1, 0.15) is 6.10 Å². The van der Waals surface area contributed by atoms with Gasteiger partial charge in [-0.3, -0.25) is 0 Å². The molecule has 22 heavy (non-hydrogen) atoms. The molecule has 0 aliphatic carbocycles. The molecule has 0 saturated carbocycles. The third-order valence-corrected chi connectivity index (χ3v) is 4.28. The third kappa shape index (κ3) is 4.96. The first-order valence-corrected chi connectivity index (χ1v) is 8.10. The smallest absolute Gasteiger partial charge is 0.188 e. The molecule has 2 N–H and O–H groups in total. The van der Waals surface area contributed by atoms with Gasteiger partial charge in [-0.1, -0.05) is 0 Å². The summed E-state index contributed by atoms with van der Waals surface area (Å²) in [6.07, 6.45) is 2.97. The number of aromatic nitrogens is 2. The zero-order valence-electron chi connectivity index (χ0n) is 11.8. The van der Waals surface area contributed by atoms with Crippen LogP contribution in [0.1, 0.15) is 12.1 Å². The molecule has 0 spiro atoms. The molecular weight excluding hydrogens is 411 g/mol. The summed E-state index contributed by atoms with van der Waals surface area (Å²) in [7, 11) is 0. The van der Waals surface area contributed by atoms with Crippen LogP contribution in [0.15, 0.2) is 22.1 Å². The van der Waals surface area contributed by atoms with Gasteiger partial charge in [0.15, 0.2) is 16.7 Å². The van der Waals surface area contributed by atoms with Gasteiger partial charge in [0.05, 0.1) is 5.69 Å². The summed E-state index contributed by atoms with van der Waals surface area (Å²) in [6, 6.07) is 1.94. The molecule has 5 nitrogen and oxygen atoms in total. The molecule has 1 atom stereocenters. The average molecular weight is 428 g/mol. The maximum atomic E-state index is 6.03. The first-order chi connectivity index (χ1) is 9.70. The topological polar surface area (TPSA) is 59.1 Å². The molecule has 1 unspecified atom stereocenters. The van der Waals surface area contributed by atoms with Gasteiger partial charge >= 0.3 is 0 Å². The van der Waals surface area contributed by atoms with Crippen molar-refractivity contribution < 1.29 is 4.74 Å². The molecule has 1 saturated heterocycles. The lowest BCUT2D eigenvalue weighted by molar-refractivity contribution is 0.223. The van der Waals surface area contributed by atoms with Gasteiger partial charge in [0.2, 0.25) is 0 Å². The Balaban J connectivity index is 0.00000121. The number of hydrogen-bond donors (Lipinski definition) is 2. The van der Waals surface area contributed by atoms with Crippen LogP contribution in [0.3, 0.4) is 0 Å². The lowest BCUT2D eigenvalue weighted by Gasteiger charge is -2.15. The number of thiazole rings is 1. The van der Waals surface area contributed by atoms with Gasteiger partial charge in [-0.2, -0.15) is 0 Å². The van der Waals surface area contributed by atoms with E-state index in [9.17, 15) is 0 Å². The molecule has 1 fully saturated rings. The minimum absolute atomic E-state index is 0. The summed E-state index contributed by atoms with van der Waals surface area (Å²) in [6.45, 7) is 3.85. The van der Waals surface area contributed by atoms with E-state index in [1.54, 1.807) is 17.5 Å². The third-order valence-electron chi connectivity index (χ3n) is 2.97. The van der Waals surface area contributed by atoms with E-state index in [-0.39, 0.29) is 30.9 Å². The van der Waals surface area contributed by atoms with Crippen molar-refractivity contribution in [2.75, 3.05) is 18.4 Å². The van der Waals surface area contributed by atoms with Crippen molar-refractivity contribution in [3.63, 3.8) is 0 Å². The minimum atomic E-state index is 0. The van der Waals surface area contributed by atoms with E-state index < -0.39 is 0 Å². The maximum Gasteiger partial charge on any atom is 0.188 e. The number of ether oxygens (including phenoxy) is 1. The molecule has 1 aliphatic heterocycles. The quantitative estimate of drug-likeness (QED) is 0.773. The summed E-state index contributed by atoms with van der Waals surface area (Å²) >= 11 is 4.99. The Morgan fingerprint density at radius 2 is 2.27 bits per heavy atom. The van der Waals surface area contributed by atoms with Gasteiger partial charge < -0.3 is 15.4 Å². The highest BCUT2D eigenvalue weighted by atomic mass is 79.9. The summed E-state index contributed by atoms with van der Waals surface area (Å²) < 4.78 is 6.93. The number of nitrogens with zero attached hydrogens (tertiary/aromatic N) is 2. The fourth-order valence-corrected chi connectivity index (χ4v) is 3.02. The van der Waals surface area contributed by atoms with Gasteiger partial charge in [-0.05, 0) is 41.9 Å². The van der Waals surface area contributed by atoms with Crippen molar-refractivity contribution in [3.05, 3.63) is 27.8 Å². The summed E-state index contributed by atoms with van der Waals surface area (Å²) in [5, 5.41) is 9.34. The number of nitrogens with one attached hydrogen (secondary N) is 2. The van der Waals surface area contributed by atoms with Crippen LogP contribution in [0.25, 0.3) is 0 Å². The standard InChI is InChI=1S/C13H15BrN4OS.2ClH/c1-8-7-20-13(17-8)18-12-11(4-9(14)5-16-12)19-10-2-3-15-6-10;;/h4-5,7,10,15H,2-3,6H2,1H3,(H,16,17,18);2*1H. The van der Waals surface area contributed by atoms with Gasteiger partial charge in [-0.15, -0.1) is 36.2 Å². The molecule has 2 aromatic heterocycles. The highest BCUT2D eigenvalue weighted by molar-refractivity contribution is 9.10. The van der Waals surface area contributed by atoms with Gasteiger partial charge in [0, 0.05) is 22.6 Å². The van der Waals surface area contributed by atoms with E-state index in [0.29, 0.717) is 5.82 Å². The normalized spacial score (nSPS) is 16.5. The highest BCUT2D eigenvalue weighted by Gasteiger charge is 2.18. The summed E-state index contributed by atoms with van der Waals surface area (Å²) in [5.74, 6) is 1.45. The van der Waals surface area contributed by atoms with Crippen LogP contribution in [-0.2, 0) is 0 Å². The zero-order chi connectivity index (χ0) is 13.9. The predicted molar refractivity (Wildman–Crippen MR) is 98.5 cm³/mol. The molecule has 2 aromatic rings. The Kier molecular flexibility index (Phi) is 7.85. The number of aryl methyl sites for hydroxylation is 1. The lowest BCUT2D eigenvalue weighted by Crippen LogP contribution is -2.20. The average Bonchev–Trinajstić information content (AvgIpc) is 3.05. The molecule has 0 radical (unpaired) electrons. The van der Waals surface area contributed by atoms with Crippen LogP contribution in [0, 0.1) is 6.92 Å². The van der Waals surface area contributed by atoms with Gasteiger partial charge in [-0.25, -0.2) is 9.97 Å². The minimum Gasteiger partial charge on any atom is -0.485 e. The van der Waals surface area contributed by atoms with E-state index in [2.05, 4.69) is 36.5 Å². The fraction of sp³-hybridized carbons (Fsp3) is 0.385. The first-order valence-electron chi connectivity index (χ1n) is 6.43. The number of halogens is 3. The van der Waals surface area contributed by atoms with Gasteiger partial charge in [0.25, 0.3) is 0 Å². The van der Waals surface area contributed by atoms with E-state index in [4.69, 9.17) is 4.74 Å². The first kappa shape index (κ1) is 19.4. The summed E-state index contributed by atoms with van der Waals surface area (Å²) in [5.41, 5.74) is 0.997. The fourth-order valence-electron chi connectivity index (χ4n) is 2.03. The van der Waals surface area contributed by atoms with Crippen LogP contribution in [0.5, 0.6) is 5.75 Å². The Morgan fingerprint density at radius 1 is 1.45 bits per heavy atom. The number of hydrogen-bond acceptors (Lipinski definition) is 6. The number of pyridine rings is 1. The monoisotopic (exact) mass is 426 g/mol. The van der Waals surface area contributed by atoms with Crippen LogP contribution in [-0.4, -0.2) is 29.2 Å². The Labute approximate surface area is 154 Å². The van der Waals surface area contributed by atoms with Crippen LogP contribution in [0.4, 0.5) is 10.9 Å². The van der Waals surface area contributed by atoms with Crippen LogP contribution in [0.2, 0.25) is 0 Å². The number of anilines is 2. The van der Waals surface area contributed by atoms with Crippen molar-refractivity contribution in [1.82, 2.24) is 15.3 Å². The summed E-state index contributed by atoms with van der Waals surface area (Å²) in [4.78, 5) is 8.78. The lowest BCUT2D eigenvalue weighted by atomic mass is 10.3. The molecule has 0 amide bonds. The largest absolute Gasteiger partial charge is 0.485 e. The molecule has 3 rings (SSSR count). The molecule has 9 heteroatoms. The second-order valence-electron chi connectivity index (χ2n) is 4.65. The molecule has 1 aliphatic rings. The predicted octanol–water partition coefficient (Wildman–Crippen LogP) is 3.94. The van der Waals surface area contributed by atoms with Crippen molar-refractivity contribution in [3.8, 4) is 5.75 Å². The highest BCUT2D eigenvalue weighted by Crippen LogP contribution is 2.30. The molecule has 0 bridgehead atoms. The van der Waals surface area contributed by atoms with E-state index in [0.717, 1.165) is 40.6 Å². The molecular formula is C13H17BrCl2N4OS. The van der Waals surface area contributed by atoms with E-state index in [1.165, 1.54) is 0 Å². The zero-order valence-corrected chi connectivity index (χ0v) is 15.9. The van der Waals surface area contributed by atoms with E-state index >= 15 is 0 Å². The molecule has 122 valence electrons. The van der Waals surface area contributed by atoms with Crippen molar-refractivity contribution >= 4 is 63.0 Å². The second-order valence-corrected chi connectivity index (χ2v) is 6.43. The van der Waals surface area contributed by atoms with E-state index in [1.807, 2.05) is 18.4 Å². The Bertz CT molecular complexity index is 607. The van der Waals surface area contributed by atoms with Crippen LogP contribution < -0.4 is 15.4 Å². The maximum absolute atomic E-state index is 6.03. The molecule has 0 aromatic carbocycles. The van der Waals surface area contributed by atoms with Crippen LogP contribution >= 0.6 is 52.1 Å².